The summed E-state index contributed by atoms with van der Waals surface area (Å²) in [6.45, 7) is 4.84. The standard InChI is InChI=1S/C18H25N/c1-15-18-11-7-3-6-10-17(18)12-13-19(15)14-16-8-4-2-5-9-16/h2-5,7-9,15,17-18H,6,10-14H2,1H3/t15-,17-,18-/m0/s1. The summed E-state index contributed by atoms with van der Waals surface area (Å²) < 4.78 is 0. The third-order valence-electron chi connectivity index (χ3n) is 5.10. The smallest absolute Gasteiger partial charge is 0.0236 e. The molecular weight excluding hydrogens is 230 g/mol. The third kappa shape index (κ3) is 2.92. The lowest BCUT2D eigenvalue weighted by atomic mass is 9.77. The molecule has 0 amide bonds. The fraction of sp³-hybridized carbons (Fsp3) is 0.556. The normalized spacial score (nSPS) is 31.7. The molecule has 0 unspecified atom stereocenters. The minimum Gasteiger partial charge on any atom is -0.296 e. The molecule has 1 aromatic rings. The molecule has 0 aromatic heterocycles. The first-order chi connectivity index (χ1) is 9.34. The summed E-state index contributed by atoms with van der Waals surface area (Å²) in [6, 6.07) is 11.6. The molecule has 3 rings (SSSR count). The molecule has 1 heterocycles. The van der Waals surface area contributed by atoms with Crippen molar-refractivity contribution in [3.63, 3.8) is 0 Å². The number of fused-ring (bicyclic) bond motifs is 1. The van der Waals surface area contributed by atoms with E-state index in [2.05, 4.69) is 54.3 Å². The monoisotopic (exact) mass is 255 g/mol. The van der Waals surface area contributed by atoms with Crippen LogP contribution in [0.1, 0.15) is 38.2 Å². The van der Waals surface area contributed by atoms with Gasteiger partial charge in [-0.2, -0.15) is 0 Å². The Labute approximate surface area is 117 Å². The molecule has 0 spiro atoms. The van der Waals surface area contributed by atoms with E-state index in [4.69, 9.17) is 0 Å². The third-order valence-corrected chi connectivity index (χ3v) is 5.10. The maximum atomic E-state index is 2.69. The van der Waals surface area contributed by atoms with Gasteiger partial charge in [0, 0.05) is 12.6 Å². The molecular formula is C18H25N. The van der Waals surface area contributed by atoms with Gasteiger partial charge in [0.05, 0.1) is 0 Å². The number of benzene rings is 1. The fourth-order valence-corrected chi connectivity index (χ4v) is 3.88. The summed E-state index contributed by atoms with van der Waals surface area (Å²) in [6.07, 6.45) is 10.2. The van der Waals surface area contributed by atoms with Crippen molar-refractivity contribution in [2.24, 2.45) is 11.8 Å². The summed E-state index contributed by atoms with van der Waals surface area (Å²) in [5.74, 6) is 1.83. The Morgan fingerprint density at radius 3 is 2.79 bits per heavy atom. The predicted molar refractivity (Wildman–Crippen MR) is 80.9 cm³/mol. The zero-order valence-electron chi connectivity index (χ0n) is 12.0. The zero-order valence-corrected chi connectivity index (χ0v) is 12.0. The fourth-order valence-electron chi connectivity index (χ4n) is 3.88. The summed E-state index contributed by atoms with van der Waals surface area (Å²) in [5.41, 5.74) is 1.46. The van der Waals surface area contributed by atoms with Crippen molar-refractivity contribution in [3.8, 4) is 0 Å². The zero-order chi connectivity index (χ0) is 13.1. The van der Waals surface area contributed by atoms with Crippen molar-refractivity contribution in [2.45, 2.75) is 45.2 Å². The largest absolute Gasteiger partial charge is 0.296 e. The van der Waals surface area contributed by atoms with E-state index in [1.807, 2.05) is 0 Å². The van der Waals surface area contributed by atoms with Crippen LogP contribution >= 0.6 is 0 Å². The van der Waals surface area contributed by atoms with Crippen LogP contribution in [0.5, 0.6) is 0 Å². The highest BCUT2D eigenvalue weighted by Crippen LogP contribution is 2.37. The first-order valence-electron chi connectivity index (χ1n) is 7.77. The number of rotatable bonds is 2. The van der Waals surface area contributed by atoms with Gasteiger partial charge in [-0.05, 0) is 56.6 Å². The second kappa shape index (κ2) is 5.92. The van der Waals surface area contributed by atoms with Gasteiger partial charge in [-0.25, -0.2) is 0 Å². The van der Waals surface area contributed by atoms with Crippen LogP contribution in [0.3, 0.4) is 0 Å². The molecule has 0 radical (unpaired) electrons. The van der Waals surface area contributed by atoms with Crippen LogP contribution < -0.4 is 0 Å². The molecule has 102 valence electrons. The van der Waals surface area contributed by atoms with Crippen molar-refractivity contribution in [1.82, 2.24) is 4.90 Å². The van der Waals surface area contributed by atoms with E-state index in [0.717, 1.165) is 24.4 Å². The van der Waals surface area contributed by atoms with E-state index in [9.17, 15) is 0 Å². The van der Waals surface area contributed by atoms with Gasteiger partial charge in [-0.1, -0.05) is 42.5 Å². The van der Waals surface area contributed by atoms with Crippen LogP contribution in [-0.4, -0.2) is 17.5 Å². The Hall–Kier alpha value is -1.08. The summed E-state index contributed by atoms with van der Waals surface area (Å²) >= 11 is 0. The highest BCUT2D eigenvalue weighted by molar-refractivity contribution is 5.15. The molecule has 1 fully saturated rings. The lowest BCUT2D eigenvalue weighted by molar-refractivity contribution is 0.0519. The summed E-state index contributed by atoms with van der Waals surface area (Å²) in [7, 11) is 0. The van der Waals surface area contributed by atoms with Crippen molar-refractivity contribution >= 4 is 0 Å². The van der Waals surface area contributed by atoms with Gasteiger partial charge in [0.25, 0.3) is 0 Å². The molecule has 1 saturated heterocycles. The van der Waals surface area contributed by atoms with Gasteiger partial charge in [0.15, 0.2) is 0 Å². The van der Waals surface area contributed by atoms with E-state index < -0.39 is 0 Å². The van der Waals surface area contributed by atoms with Crippen molar-refractivity contribution in [3.05, 3.63) is 48.0 Å². The maximum Gasteiger partial charge on any atom is 0.0236 e. The first kappa shape index (κ1) is 12.9. The molecule has 1 nitrogen and oxygen atoms in total. The van der Waals surface area contributed by atoms with Crippen molar-refractivity contribution in [1.29, 1.82) is 0 Å². The Morgan fingerprint density at radius 1 is 1.11 bits per heavy atom. The highest BCUT2D eigenvalue weighted by atomic mass is 15.2. The number of allylic oxidation sites excluding steroid dienone is 2. The van der Waals surface area contributed by atoms with Gasteiger partial charge >= 0.3 is 0 Å². The minimum atomic E-state index is 0.724. The second-order valence-corrected chi connectivity index (χ2v) is 6.19. The number of likely N-dealkylation sites (tertiary alicyclic amines) is 1. The SMILES string of the molecule is C[C@H]1[C@@H]2CC=CCC[C@H]2CCN1Cc1ccccc1. The van der Waals surface area contributed by atoms with Gasteiger partial charge < -0.3 is 0 Å². The average Bonchev–Trinajstić information content (AvgIpc) is 2.69. The van der Waals surface area contributed by atoms with Crippen molar-refractivity contribution in [2.75, 3.05) is 6.54 Å². The lowest BCUT2D eigenvalue weighted by Gasteiger charge is -2.43. The van der Waals surface area contributed by atoms with Gasteiger partial charge in [0.1, 0.15) is 0 Å². The van der Waals surface area contributed by atoms with Crippen LogP contribution in [0.2, 0.25) is 0 Å². The van der Waals surface area contributed by atoms with E-state index >= 15 is 0 Å². The predicted octanol–water partition coefficient (Wildman–Crippen LogP) is 4.25. The molecule has 1 aliphatic carbocycles. The topological polar surface area (TPSA) is 3.24 Å². The molecule has 2 aliphatic rings. The molecule has 0 bridgehead atoms. The average molecular weight is 255 g/mol. The van der Waals surface area contributed by atoms with Crippen LogP contribution in [0.25, 0.3) is 0 Å². The number of hydrogen-bond acceptors (Lipinski definition) is 1. The molecule has 3 atom stereocenters. The van der Waals surface area contributed by atoms with Gasteiger partial charge in [-0.3, -0.25) is 4.90 Å². The van der Waals surface area contributed by atoms with Gasteiger partial charge in [-0.15, -0.1) is 0 Å². The Balaban J connectivity index is 1.69. The molecule has 0 saturated carbocycles. The Morgan fingerprint density at radius 2 is 1.95 bits per heavy atom. The Kier molecular flexibility index (Phi) is 4.03. The summed E-state index contributed by atoms with van der Waals surface area (Å²) in [5, 5.41) is 0. The number of piperidine rings is 1. The van der Waals surface area contributed by atoms with E-state index in [0.29, 0.717) is 0 Å². The lowest BCUT2D eigenvalue weighted by Crippen LogP contribution is -2.46. The van der Waals surface area contributed by atoms with E-state index in [1.165, 1.54) is 37.8 Å². The quantitative estimate of drug-likeness (QED) is 0.714. The van der Waals surface area contributed by atoms with Crippen LogP contribution in [0.15, 0.2) is 42.5 Å². The van der Waals surface area contributed by atoms with E-state index in [-0.39, 0.29) is 0 Å². The Bertz CT molecular complexity index is 423. The molecule has 1 aliphatic heterocycles. The molecule has 1 heteroatoms. The molecule has 1 aromatic carbocycles. The van der Waals surface area contributed by atoms with Crippen molar-refractivity contribution < 1.29 is 0 Å². The second-order valence-electron chi connectivity index (χ2n) is 6.19. The maximum absolute atomic E-state index is 2.69. The molecule has 19 heavy (non-hydrogen) atoms. The van der Waals surface area contributed by atoms with Crippen LogP contribution in [0, 0.1) is 11.8 Å². The van der Waals surface area contributed by atoms with Gasteiger partial charge in [0.2, 0.25) is 0 Å². The number of nitrogens with zero attached hydrogens (tertiary/aromatic N) is 1. The molecule has 0 N–H and O–H groups in total. The summed E-state index contributed by atoms with van der Waals surface area (Å²) in [4.78, 5) is 2.69. The number of hydrogen-bond donors (Lipinski definition) is 0. The van der Waals surface area contributed by atoms with E-state index in [1.54, 1.807) is 0 Å². The van der Waals surface area contributed by atoms with Crippen LogP contribution in [-0.2, 0) is 6.54 Å². The first-order valence-corrected chi connectivity index (χ1v) is 7.77. The minimum absolute atomic E-state index is 0.724. The van der Waals surface area contributed by atoms with Crippen LogP contribution in [0.4, 0.5) is 0 Å². The highest BCUT2D eigenvalue weighted by Gasteiger charge is 2.34.